The van der Waals surface area contributed by atoms with Crippen molar-refractivity contribution < 1.29 is 35.7 Å². The Kier molecular flexibility index (Phi) is 5.65. The second-order valence-corrected chi connectivity index (χ2v) is 7.09. The lowest BCUT2D eigenvalue weighted by Crippen LogP contribution is -2.48. The first-order chi connectivity index (χ1) is 9.45. The van der Waals surface area contributed by atoms with Crippen molar-refractivity contribution in [1.82, 2.24) is 0 Å². The van der Waals surface area contributed by atoms with Crippen LogP contribution in [-0.4, -0.2) is 36.5 Å². The van der Waals surface area contributed by atoms with Gasteiger partial charge in [0.2, 0.25) is 5.60 Å². The Bertz CT molecular complexity index is 468. The topological polar surface area (TPSA) is 80.7 Å². The standard InChI is InChI=1S/C12H19F3O5S/c1-11(12(13,14)15,7-8-21(17,18)19)20-10(16)9-5-3-2-4-6-9/h9H,2-8H2,1H3,(H,17,18,19). The van der Waals surface area contributed by atoms with Gasteiger partial charge in [0.15, 0.2) is 0 Å². The second kappa shape index (κ2) is 6.51. The Morgan fingerprint density at radius 1 is 1.24 bits per heavy atom. The van der Waals surface area contributed by atoms with Crippen LogP contribution in [0, 0.1) is 5.92 Å². The van der Waals surface area contributed by atoms with Crippen molar-refractivity contribution in [2.24, 2.45) is 5.92 Å². The molecule has 1 saturated carbocycles. The lowest BCUT2D eigenvalue weighted by molar-refractivity contribution is -0.266. The summed E-state index contributed by atoms with van der Waals surface area (Å²) in [5, 5.41) is 0. The maximum Gasteiger partial charge on any atom is 0.428 e. The molecule has 1 unspecified atom stereocenters. The molecule has 0 saturated heterocycles. The molecule has 0 aliphatic heterocycles. The summed E-state index contributed by atoms with van der Waals surface area (Å²) < 4.78 is 73.6. The zero-order chi connectivity index (χ0) is 16.3. The lowest BCUT2D eigenvalue weighted by atomic mass is 9.89. The van der Waals surface area contributed by atoms with E-state index in [1.54, 1.807) is 0 Å². The fourth-order valence-corrected chi connectivity index (χ4v) is 2.87. The minimum Gasteiger partial charge on any atom is -0.449 e. The maximum atomic E-state index is 13.1. The van der Waals surface area contributed by atoms with E-state index in [0.29, 0.717) is 19.8 Å². The summed E-state index contributed by atoms with van der Waals surface area (Å²) in [5.41, 5.74) is -2.92. The van der Waals surface area contributed by atoms with Crippen LogP contribution in [0.1, 0.15) is 45.4 Å². The van der Waals surface area contributed by atoms with Crippen LogP contribution in [0.4, 0.5) is 13.2 Å². The number of hydrogen-bond acceptors (Lipinski definition) is 4. The Balaban J connectivity index is 2.79. The van der Waals surface area contributed by atoms with E-state index in [2.05, 4.69) is 4.74 Å². The summed E-state index contributed by atoms with van der Waals surface area (Å²) in [5.74, 6) is -2.66. The molecule has 1 N–H and O–H groups in total. The normalized spacial score (nSPS) is 20.8. The van der Waals surface area contributed by atoms with Crippen LogP contribution in [0.2, 0.25) is 0 Å². The van der Waals surface area contributed by atoms with Crippen molar-refractivity contribution in [1.29, 1.82) is 0 Å². The fraction of sp³-hybridized carbons (Fsp3) is 0.917. The van der Waals surface area contributed by atoms with Gasteiger partial charge >= 0.3 is 12.1 Å². The quantitative estimate of drug-likeness (QED) is 0.618. The molecule has 0 aromatic rings. The SMILES string of the molecule is CC(CCS(=O)(=O)O)(OC(=O)C1CCCCC1)C(F)(F)F. The number of alkyl halides is 3. The second-order valence-electron chi connectivity index (χ2n) is 5.52. The van der Waals surface area contributed by atoms with Crippen LogP contribution >= 0.6 is 0 Å². The molecular formula is C12H19F3O5S. The molecule has 124 valence electrons. The molecule has 0 bridgehead atoms. The van der Waals surface area contributed by atoms with Crippen LogP contribution in [0.5, 0.6) is 0 Å². The highest BCUT2D eigenvalue weighted by atomic mass is 32.2. The van der Waals surface area contributed by atoms with Gasteiger partial charge < -0.3 is 4.74 Å². The minimum atomic E-state index is -4.91. The first-order valence-electron chi connectivity index (χ1n) is 6.69. The van der Waals surface area contributed by atoms with Gasteiger partial charge in [0.1, 0.15) is 0 Å². The molecule has 1 atom stereocenters. The molecule has 0 heterocycles. The number of hydrogen-bond donors (Lipinski definition) is 1. The third-order valence-corrected chi connectivity index (χ3v) is 4.42. The van der Waals surface area contributed by atoms with E-state index >= 15 is 0 Å². The number of carbonyl (C=O) groups excluding carboxylic acids is 1. The summed E-state index contributed by atoms with van der Waals surface area (Å²) in [6, 6.07) is 0. The summed E-state index contributed by atoms with van der Waals surface area (Å²) in [6.07, 6.45) is -2.55. The van der Waals surface area contributed by atoms with E-state index in [1.165, 1.54) is 0 Å². The average molecular weight is 332 g/mol. The molecule has 5 nitrogen and oxygen atoms in total. The van der Waals surface area contributed by atoms with E-state index in [-0.39, 0.29) is 0 Å². The molecule has 1 rings (SSSR count). The van der Waals surface area contributed by atoms with Crippen LogP contribution in [-0.2, 0) is 19.6 Å². The molecule has 21 heavy (non-hydrogen) atoms. The van der Waals surface area contributed by atoms with Gasteiger partial charge in [-0.1, -0.05) is 19.3 Å². The van der Waals surface area contributed by atoms with E-state index in [1.807, 2.05) is 0 Å². The maximum absolute atomic E-state index is 13.1. The van der Waals surface area contributed by atoms with Gasteiger partial charge in [0.05, 0.1) is 11.7 Å². The van der Waals surface area contributed by atoms with Crippen LogP contribution in [0.15, 0.2) is 0 Å². The number of ether oxygens (including phenoxy) is 1. The molecule has 0 aromatic carbocycles. The van der Waals surface area contributed by atoms with Gasteiger partial charge in [0.25, 0.3) is 10.1 Å². The largest absolute Gasteiger partial charge is 0.449 e. The summed E-state index contributed by atoms with van der Waals surface area (Å²) in [6.45, 7) is 0.624. The van der Waals surface area contributed by atoms with Crippen molar-refractivity contribution in [2.75, 3.05) is 5.75 Å². The van der Waals surface area contributed by atoms with E-state index in [4.69, 9.17) is 4.55 Å². The number of halogens is 3. The van der Waals surface area contributed by atoms with Crippen molar-refractivity contribution in [3.8, 4) is 0 Å². The summed E-state index contributed by atoms with van der Waals surface area (Å²) in [4.78, 5) is 11.9. The molecule has 0 aromatic heterocycles. The first kappa shape index (κ1) is 18.2. The fourth-order valence-electron chi connectivity index (χ4n) is 2.22. The molecule has 0 radical (unpaired) electrons. The van der Waals surface area contributed by atoms with Gasteiger partial charge in [-0.05, 0) is 19.8 Å². The van der Waals surface area contributed by atoms with E-state index in [0.717, 1.165) is 19.3 Å². The summed E-state index contributed by atoms with van der Waals surface area (Å²) in [7, 11) is -4.57. The highest BCUT2D eigenvalue weighted by Crippen LogP contribution is 2.38. The molecule has 0 amide bonds. The van der Waals surface area contributed by atoms with Gasteiger partial charge in [-0.25, -0.2) is 0 Å². The van der Waals surface area contributed by atoms with Crippen LogP contribution in [0.3, 0.4) is 0 Å². The van der Waals surface area contributed by atoms with Gasteiger partial charge in [-0.2, -0.15) is 21.6 Å². The highest BCUT2D eigenvalue weighted by molar-refractivity contribution is 7.85. The Morgan fingerprint density at radius 2 is 1.76 bits per heavy atom. The van der Waals surface area contributed by atoms with Gasteiger partial charge in [0, 0.05) is 6.42 Å². The lowest BCUT2D eigenvalue weighted by Gasteiger charge is -2.33. The Hall–Kier alpha value is -0.830. The smallest absolute Gasteiger partial charge is 0.428 e. The molecular weight excluding hydrogens is 313 g/mol. The molecule has 1 fully saturated rings. The van der Waals surface area contributed by atoms with Gasteiger partial charge in [-0.15, -0.1) is 0 Å². The number of rotatable bonds is 5. The molecule has 0 spiro atoms. The Morgan fingerprint density at radius 3 is 2.19 bits per heavy atom. The first-order valence-corrected chi connectivity index (χ1v) is 8.30. The average Bonchev–Trinajstić information content (AvgIpc) is 2.35. The third-order valence-electron chi connectivity index (χ3n) is 3.70. The monoisotopic (exact) mass is 332 g/mol. The molecule has 9 heteroatoms. The van der Waals surface area contributed by atoms with Gasteiger partial charge in [-0.3, -0.25) is 9.35 Å². The van der Waals surface area contributed by atoms with Crippen molar-refractivity contribution in [2.45, 2.75) is 57.2 Å². The predicted octanol–water partition coefficient (Wildman–Crippen LogP) is 2.71. The molecule has 1 aliphatic carbocycles. The van der Waals surface area contributed by atoms with Crippen molar-refractivity contribution in [3.63, 3.8) is 0 Å². The van der Waals surface area contributed by atoms with Crippen LogP contribution in [0.25, 0.3) is 0 Å². The van der Waals surface area contributed by atoms with E-state index in [9.17, 15) is 26.4 Å². The Labute approximate surface area is 121 Å². The number of esters is 1. The minimum absolute atomic E-state index is 0.477. The zero-order valence-corrected chi connectivity index (χ0v) is 12.5. The predicted molar refractivity (Wildman–Crippen MR) is 68.2 cm³/mol. The molecule has 1 aliphatic rings. The van der Waals surface area contributed by atoms with Crippen molar-refractivity contribution in [3.05, 3.63) is 0 Å². The van der Waals surface area contributed by atoms with Crippen LogP contribution < -0.4 is 0 Å². The van der Waals surface area contributed by atoms with Crippen molar-refractivity contribution >= 4 is 16.1 Å². The highest BCUT2D eigenvalue weighted by Gasteiger charge is 2.55. The zero-order valence-electron chi connectivity index (χ0n) is 11.6. The van der Waals surface area contributed by atoms with E-state index < -0.39 is 46.0 Å². The third kappa shape index (κ3) is 5.46. The summed E-state index contributed by atoms with van der Waals surface area (Å²) >= 11 is 0. The number of carbonyl (C=O) groups is 1.